The maximum Gasteiger partial charge on any atom is 0.466 e. The van der Waals surface area contributed by atoms with Gasteiger partial charge in [-0.2, -0.15) is 0 Å². The fourth-order valence-corrected chi connectivity index (χ4v) is 0.214. The SMILES string of the molecule is CC(=O)C(O)O.O=C(O)CCC(=O)O.O=P(O)(O)O. The molecule has 0 fully saturated rings. The van der Waals surface area contributed by atoms with Gasteiger partial charge < -0.3 is 35.1 Å². The molecular weight excluding hydrogens is 291 g/mol. The van der Waals surface area contributed by atoms with Gasteiger partial charge >= 0.3 is 19.8 Å². The summed E-state index contributed by atoms with van der Waals surface area (Å²) >= 11 is 0. The quantitative estimate of drug-likeness (QED) is 0.220. The van der Waals surface area contributed by atoms with Crippen molar-refractivity contribution in [3.63, 3.8) is 0 Å². The molecular formula is C7H15O11P. The Morgan fingerprint density at radius 1 is 0.947 bits per heavy atom. The Hall–Kier alpha value is -1.36. The number of phosphoric acid groups is 1. The lowest BCUT2D eigenvalue weighted by molar-refractivity contribution is -0.143. The molecule has 0 aliphatic carbocycles. The monoisotopic (exact) mass is 306 g/mol. The average molecular weight is 306 g/mol. The van der Waals surface area contributed by atoms with Gasteiger partial charge in [0, 0.05) is 0 Å². The smallest absolute Gasteiger partial charge is 0.466 e. The van der Waals surface area contributed by atoms with E-state index in [0.717, 1.165) is 6.92 Å². The van der Waals surface area contributed by atoms with Crippen molar-refractivity contribution in [2.45, 2.75) is 26.1 Å². The second kappa shape index (κ2) is 11.7. The van der Waals surface area contributed by atoms with Gasteiger partial charge in [0.2, 0.25) is 6.29 Å². The number of hydrogen-bond donors (Lipinski definition) is 7. The average Bonchev–Trinajstić information content (AvgIpc) is 2.12. The second-order valence-corrected chi connectivity index (χ2v) is 3.81. The standard InChI is InChI=1S/C4H6O4.C3H6O3.H3O4P/c5-3(6)1-2-4(7)8;1-2(4)3(5)6;1-5(2,3)4/h1-2H2,(H,5,6)(H,7,8);3,5-6H,1H3;(H3,1,2,3,4). The summed E-state index contributed by atoms with van der Waals surface area (Å²) in [7, 11) is -4.64. The molecule has 0 atom stereocenters. The Kier molecular flexibility index (Phi) is 14.1. The number of aliphatic hydroxyl groups excluding tert-OH is 1. The highest BCUT2D eigenvalue weighted by Crippen LogP contribution is 2.25. The van der Waals surface area contributed by atoms with Crippen LogP contribution < -0.4 is 0 Å². The Morgan fingerprint density at radius 3 is 1.16 bits per heavy atom. The van der Waals surface area contributed by atoms with E-state index in [1.54, 1.807) is 0 Å². The van der Waals surface area contributed by atoms with Crippen LogP contribution in [0.4, 0.5) is 0 Å². The van der Waals surface area contributed by atoms with E-state index in [9.17, 15) is 14.4 Å². The number of aliphatic carboxylic acids is 2. The summed E-state index contributed by atoms with van der Waals surface area (Å²) in [5.41, 5.74) is 0. The van der Waals surface area contributed by atoms with Crippen molar-refractivity contribution in [1.29, 1.82) is 0 Å². The molecule has 0 aromatic carbocycles. The van der Waals surface area contributed by atoms with E-state index < -0.39 is 31.8 Å². The van der Waals surface area contributed by atoms with Gasteiger partial charge in [0.05, 0.1) is 12.8 Å². The molecule has 0 aromatic rings. The number of carbonyl (C=O) groups excluding carboxylic acids is 1. The van der Waals surface area contributed by atoms with Gasteiger partial charge in [0.15, 0.2) is 5.78 Å². The molecule has 0 aliphatic rings. The molecule has 114 valence electrons. The third-order valence-corrected chi connectivity index (χ3v) is 0.916. The van der Waals surface area contributed by atoms with Crippen LogP contribution in [-0.2, 0) is 18.9 Å². The first-order chi connectivity index (χ1) is 8.27. The molecule has 0 saturated heterocycles. The van der Waals surface area contributed by atoms with E-state index in [1.807, 2.05) is 0 Å². The maximum absolute atomic E-state index is 9.64. The maximum atomic E-state index is 9.64. The van der Waals surface area contributed by atoms with Crippen LogP contribution in [0.1, 0.15) is 19.8 Å². The molecule has 0 amide bonds. The molecule has 0 radical (unpaired) electrons. The minimum absolute atomic E-state index is 0.296. The summed E-state index contributed by atoms with van der Waals surface area (Å²) in [6.45, 7) is 1.10. The predicted molar refractivity (Wildman–Crippen MR) is 57.7 cm³/mol. The predicted octanol–water partition coefficient (Wildman–Crippen LogP) is -2.11. The van der Waals surface area contributed by atoms with Crippen molar-refractivity contribution in [2.24, 2.45) is 0 Å². The van der Waals surface area contributed by atoms with Crippen LogP contribution in [0.5, 0.6) is 0 Å². The summed E-state index contributed by atoms with van der Waals surface area (Å²) in [6, 6.07) is 0. The second-order valence-electron chi connectivity index (χ2n) is 2.79. The number of hydrogen-bond acceptors (Lipinski definition) is 6. The van der Waals surface area contributed by atoms with E-state index in [0.29, 0.717) is 0 Å². The molecule has 0 bridgehead atoms. The largest absolute Gasteiger partial charge is 0.481 e. The highest BCUT2D eigenvalue weighted by Gasteiger charge is 2.01. The number of aliphatic hydroxyl groups is 2. The third-order valence-electron chi connectivity index (χ3n) is 0.916. The first-order valence-corrected chi connectivity index (χ1v) is 5.92. The highest BCUT2D eigenvalue weighted by atomic mass is 31.2. The number of rotatable bonds is 4. The first kappa shape index (κ1) is 22.8. The number of carboxylic acid groups (broad SMARTS) is 2. The molecule has 0 saturated carbocycles. The minimum Gasteiger partial charge on any atom is -0.481 e. The van der Waals surface area contributed by atoms with Crippen LogP contribution in [0.3, 0.4) is 0 Å². The van der Waals surface area contributed by atoms with E-state index in [-0.39, 0.29) is 12.8 Å². The fourth-order valence-electron chi connectivity index (χ4n) is 0.214. The van der Waals surface area contributed by atoms with Crippen LogP contribution >= 0.6 is 7.82 Å². The third kappa shape index (κ3) is 61.1. The van der Waals surface area contributed by atoms with Crippen molar-refractivity contribution in [2.75, 3.05) is 0 Å². The zero-order chi connectivity index (χ0) is 16.2. The molecule has 12 heteroatoms. The van der Waals surface area contributed by atoms with Crippen LogP contribution in [0.15, 0.2) is 0 Å². The van der Waals surface area contributed by atoms with Crippen molar-refractivity contribution < 1.29 is 54.1 Å². The van der Waals surface area contributed by atoms with Gasteiger partial charge in [-0.25, -0.2) is 4.57 Å². The van der Waals surface area contributed by atoms with Gasteiger partial charge in [-0.3, -0.25) is 14.4 Å². The molecule has 11 nitrogen and oxygen atoms in total. The lowest BCUT2D eigenvalue weighted by atomic mass is 10.3. The molecule has 19 heavy (non-hydrogen) atoms. The van der Waals surface area contributed by atoms with Gasteiger partial charge in [-0.15, -0.1) is 0 Å². The molecule has 7 N–H and O–H groups in total. The van der Waals surface area contributed by atoms with Gasteiger partial charge in [0.1, 0.15) is 0 Å². The molecule has 0 aliphatic heterocycles. The lowest BCUT2D eigenvalue weighted by Crippen LogP contribution is -2.14. The number of carbonyl (C=O) groups is 3. The fraction of sp³-hybridized carbons (Fsp3) is 0.571. The van der Waals surface area contributed by atoms with Gasteiger partial charge in [0.25, 0.3) is 0 Å². The van der Waals surface area contributed by atoms with Crippen molar-refractivity contribution in [3.05, 3.63) is 0 Å². The Bertz CT molecular complexity index is 308. The lowest BCUT2D eigenvalue weighted by Gasteiger charge is -1.90. The number of ketones is 1. The van der Waals surface area contributed by atoms with Gasteiger partial charge in [-0.1, -0.05) is 0 Å². The Morgan fingerprint density at radius 2 is 1.11 bits per heavy atom. The zero-order valence-electron chi connectivity index (χ0n) is 9.70. The normalized spacial score (nSPS) is 9.63. The van der Waals surface area contributed by atoms with Crippen LogP contribution in [0, 0.1) is 0 Å². The van der Waals surface area contributed by atoms with Gasteiger partial charge in [-0.05, 0) is 6.92 Å². The molecule has 0 rings (SSSR count). The Balaban J connectivity index is -0.000000209. The molecule has 0 spiro atoms. The van der Waals surface area contributed by atoms with Crippen molar-refractivity contribution in [1.82, 2.24) is 0 Å². The molecule has 0 heterocycles. The first-order valence-electron chi connectivity index (χ1n) is 4.35. The van der Waals surface area contributed by atoms with E-state index in [2.05, 4.69) is 0 Å². The summed E-state index contributed by atoms with van der Waals surface area (Å²) in [5.74, 6) is -2.78. The summed E-state index contributed by atoms with van der Waals surface area (Å²) in [4.78, 5) is 50.5. The summed E-state index contributed by atoms with van der Waals surface area (Å²) < 4.78 is 8.88. The van der Waals surface area contributed by atoms with E-state index >= 15 is 0 Å². The van der Waals surface area contributed by atoms with Crippen molar-refractivity contribution in [3.8, 4) is 0 Å². The number of Topliss-reactive ketones (excluding diaryl/α,β-unsaturated/α-hetero) is 1. The molecule has 0 unspecified atom stereocenters. The van der Waals surface area contributed by atoms with E-state index in [4.69, 9.17) is 39.7 Å². The molecule has 0 aromatic heterocycles. The minimum atomic E-state index is -4.64. The summed E-state index contributed by atoms with van der Waals surface area (Å²) in [5, 5.41) is 31.5. The van der Waals surface area contributed by atoms with E-state index in [1.165, 1.54) is 0 Å². The summed E-state index contributed by atoms with van der Waals surface area (Å²) in [6.07, 6.45) is -2.38. The Labute approximate surface area is 107 Å². The number of carboxylic acids is 2. The van der Waals surface area contributed by atoms with Crippen LogP contribution in [0.2, 0.25) is 0 Å². The van der Waals surface area contributed by atoms with Crippen LogP contribution in [-0.4, -0.2) is 59.1 Å². The topological polar surface area (TPSA) is 210 Å². The zero-order valence-corrected chi connectivity index (χ0v) is 10.6. The van der Waals surface area contributed by atoms with Crippen LogP contribution in [0.25, 0.3) is 0 Å². The highest BCUT2D eigenvalue weighted by molar-refractivity contribution is 7.45. The van der Waals surface area contributed by atoms with Crippen molar-refractivity contribution >= 4 is 25.5 Å².